The van der Waals surface area contributed by atoms with Gasteiger partial charge in [0, 0.05) is 6.42 Å². The van der Waals surface area contributed by atoms with Gasteiger partial charge in [-0.1, -0.05) is 0 Å². The molecule has 1 aliphatic heterocycles. The number of alkyl halides is 1. The standard InChI is InChI=1S/C10H17FO5/c11-4-2-1-3-9(14)16-10-7(13)6-15-8(10)5-12/h7-8,10,12-13H,1-6H2/t7-,8-,10-/m1/s1. The van der Waals surface area contributed by atoms with Gasteiger partial charge in [0.05, 0.1) is 19.9 Å². The van der Waals surface area contributed by atoms with Crippen LogP contribution in [0.25, 0.3) is 0 Å². The number of halogens is 1. The number of aliphatic hydroxyl groups is 2. The van der Waals surface area contributed by atoms with Crippen LogP contribution in [0.4, 0.5) is 4.39 Å². The fraction of sp³-hybridized carbons (Fsp3) is 0.900. The molecule has 5 nitrogen and oxygen atoms in total. The molecule has 0 spiro atoms. The van der Waals surface area contributed by atoms with Crippen LogP contribution in [-0.2, 0) is 14.3 Å². The van der Waals surface area contributed by atoms with Gasteiger partial charge >= 0.3 is 5.97 Å². The van der Waals surface area contributed by atoms with Crippen LogP contribution in [0.15, 0.2) is 0 Å². The Kier molecular flexibility index (Phi) is 5.65. The molecule has 1 aliphatic rings. The number of ether oxygens (including phenoxy) is 2. The van der Waals surface area contributed by atoms with E-state index in [1.807, 2.05) is 0 Å². The maximum atomic E-state index is 11.8. The van der Waals surface area contributed by atoms with Gasteiger partial charge in [0.2, 0.25) is 0 Å². The normalized spacial score (nSPS) is 29.3. The van der Waals surface area contributed by atoms with Crippen LogP contribution < -0.4 is 0 Å². The average Bonchev–Trinajstić information content (AvgIpc) is 2.61. The van der Waals surface area contributed by atoms with E-state index < -0.39 is 31.0 Å². The van der Waals surface area contributed by atoms with E-state index in [9.17, 15) is 14.3 Å². The Bertz CT molecular complexity index is 223. The van der Waals surface area contributed by atoms with Crippen LogP contribution >= 0.6 is 0 Å². The number of rotatable bonds is 6. The van der Waals surface area contributed by atoms with Gasteiger partial charge in [-0.3, -0.25) is 9.18 Å². The predicted molar refractivity (Wildman–Crippen MR) is 52.5 cm³/mol. The van der Waals surface area contributed by atoms with Gasteiger partial charge in [-0.15, -0.1) is 0 Å². The second-order valence-corrected chi connectivity index (χ2v) is 3.72. The summed E-state index contributed by atoms with van der Waals surface area (Å²) >= 11 is 0. The Morgan fingerprint density at radius 2 is 2.25 bits per heavy atom. The van der Waals surface area contributed by atoms with Crippen molar-refractivity contribution < 1.29 is 28.9 Å². The van der Waals surface area contributed by atoms with E-state index >= 15 is 0 Å². The van der Waals surface area contributed by atoms with E-state index in [0.717, 1.165) is 0 Å². The van der Waals surface area contributed by atoms with E-state index in [4.69, 9.17) is 14.6 Å². The zero-order valence-corrected chi connectivity index (χ0v) is 8.97. The molecule has 0 amide bonds. The molecule has 0 saturated carbocycles. The molecule has 3 atom stereocenters. The minimum absolute atomic E-state index is 0.0493. The van der Waals surface area contributed by atoms with E-state index in [0.29, 0.717) is 12.8 Å². The van der Waals surface area contributed by atoms with Crippen molar-refractivity contribution in [2.24, 2.45) is 0 Å². The van der Waals surface area contributed by atoms with Crippen LogP contribution in [0.1, 0.15) is 19.3 Å². The first kappa shape index (κ1) is 13.3. The number of carbonyl (C=O) groups excluding carboxylic acids is 1. The van der Waals surface area contributed by atoms with Crippen molar-refractivity contribution >= 4 is 5.97 Å². The fourth-order valence-corrected chi connectivity index (χ4v) is 1.55. The minimum Gasteiger partial charge on any atom is -0.457 e. The van der Waals surface area contributed by atoms with Gasteiger partial charge in [-0.2, -0.15) is 0 Å². The molecule has 6 heteroatoms. The third-order valence-electron chi connectivity index (χ3n) is 2.44. The van der Waals surface area contributed by atoms with E-state index in [1.54, 1.807) is 0 Å². The first-order valence-electron chi connectivity index (χ1n) is 5.35. The van der Waals surface area contributed by atoms with Crippen LogP contribution in [0.2, 0.25) is 0 Å². The Hall–Kier alpha value is -0.720. The Balaban J connectivity index is 2.31. The lowest BCUT2D eigenvalue weighted by atomic mass is 10.1. The second-order valence-electron chi connectivity index (χ2n) is 3.72. The van der Waals surface area contributed by atoms with Crippen molar-refractivity contribution in [2.75, 3.05) is 19.9 Å². The molecular formula is C10H17FO5. The van der Waals surface area contributed by atoms with Crippen LogP contribution in [0.5, 0.6) is 0 Å². The molecule has 0 unspecified atom stereocenters. The maximum Gasteiger partial charge on any atom is 0.306 e. The molecule has 0 aromatic rings. The lowest BCUT2D eigenvalue weighted by Crippen LogP contribution is -2.37. The smallest absolute Gasteiger partial charge is 0.306 e. The molecule has 1 fully saturated rings. The molecule has 0 aromatic carbocycles. The number of aliphatic hydroxyl groups excluding tert-OH is 2. The molecule has 2 N–H and O–H groups in total. The van der Waals surface area contributed by atoms with Gasteiger partial charge in [-0.25, -0.2) is 0 Å². The van der Waals surface area contributed by atoms with Crippen LogP contribution in [-0.4, -0.2) is 54.4 Å². The largest absolute Gasteiger partial charge is 0.457 e. The maximum absolute atomic E-state index is 11.8. The highest BCUT2D eigenvalue weighted by molar-refractivity contribution is 5.69. The number of carbonyl (C=O) groups is 1. The highest BCUT2D eigenvalue weighted by Gasteiger charge is 2.38. The van der Waals surface area contributed by atoms with Crippen molar-refractivity contribution in [3.8, 4) is 0 Å². The summed E-state index contributed by atoms with van der Waals surface area (Å²) in [6.07, 6.45) is -1.53. The number of esters is 1. The van der Waals surface area contributed by atoms with Gasteiger partial charge in [0.1, 0.15) is 12.2 Å². The van der Waals surface area contributed by atoms with Crippen molar-refractivity contribution in [1.82, 2.24) is 0 Å². The highest BCUT2D eigenvalue weighted by Crippen LogP contribution is 2.18. The van der Waals surface area contributed by atoms with Crippen molar-refractivity contribution in [2.45, 2.75) is 37.6 Å². The molecule has 94 valence electrons. The lowest BCUT2D eigenvalue weighted by molar-refractivity contribution is -0.156. The molecule has 1 saturated heterocycles. The highest BCUT2D eigenvalue weighted by atomic mass is 19.1. The van der Waals surface area contributed by atoms with Crippen molar-refractivity contribution in [1.29, 1.82) is 0 Å². The summed E-state index contributed by atoms with van der Waals surface area (Å²) in [6.45, 7) is -0.713. The summed E-state index contributed by atoms with van der Waals surface area (Å²) in [6, 6.07) is 0. The molecule has 0 radical (unpaired) electrons. The first-order chi connectivity index (χ1) is 7.69. The molecule has 16 heavy (non-hydrogen) atoms. The number of unbranched alkanes of at least 4 members (excludes halogenated alkanes) is 1. The third-order valence-corrected chi connectivity index (χ3v) is 2.44. The lowest BCUT2D eigenvalue weighted by Gasteiger charge is -2.19. The average molecular weight is 236 g/mol. The fourth-order valence-electron chi connectivity index (χ4n) is 1.55. The monoisotopic (exact) mass is 236 g/mol. The first-order valence-corrected chi connectivity index (χ1v) is 5.35. The number of hydrogen-bond acceptors (Lipinski definition) is 5. The zero-order valence-electron chi connectivity index (χ0n) is 8.97. The van der Waals surface area contributed by atoms with Gasteiger partial charge in [0.15, 0.2) is 6.10 Å². The predicted octanol–water partition coefficient (Wildman–Crippen LogP) is -0.210. The summed E-state index contributed by atoms with van der Waals surface area (Å²) in [5.74, 6) is -0.499. The van der Waals surface area contributed by atoms with E-state index in [2.05, 4.69) is 0 Å². The number of hydrogen-bond donors (Lipinski definition) is 2. The van der Waals surface area contributed by atoms with E-state index in [1.165, 1.54) is 0 Å². The van der Waals surface area contributed by atoms with Gasteiger partial charge < -0.3 is 19.7 Å². The van der Waals surface area contributed by atoms with Crippen LogP contribution in [0.3, 0.4) is 0 Å². The third kappa shape index (κ3) is 3.70. The molecule has 0 aliphatic carbocycles. The Morgan fingerprint density at radius 3 is 2.88 bits per heavy atom. The van der Waals surface area contributed by atoms with Gasteiger partial charge in [-0.05, 0) is 12.8 Å². The molecular weight excluding hydrogens is 219 g/mol. The van der Waals surface area contributed by atoms with E-state index in [-0.39, 0.29) is 19.6 Å². The minimum atomic E-state index is -0.901. The second kappa shape index (κ2) is 6.78. The van der Waals surface area contributed by atoms with Crippen LogP contribution in [0, 0.1) is 0 Å². The summed E-state index contributed by atoms with van der Waals surface area (Å²) in [5.41, 5.74) is 0. The van der Waals surface area contributed by atoms with Crippen molar-refractivity contribution in [3.05, 3.63) is 0 Å². The Morgan fingerprint density at radius 1 is 1.50 bits per heavy atom. The summed E-state index contributed by atoms with van der Waals surface area (Å²) < 4.78 is 21.8. The SMILES string of the molecule is O=C(CCCCF)O[C@@H]1[C@H](O)CO[C@@H]1CO. The summed E-state index contributed by atoms with van der Waals surface area (Å²) in [7, 11) is 0. The quantitative estimate of drug-likeness (QED) is 0.493. The molecule has 1 heterocycles. The molecule has 0 aromatic heterocycles. The molecule has 0 bridgehead atoms. The molecule has 1 rings (SSSR count). The van der Waals surface area contributed by atoms with Gasteiger partial charge in [0.25, 0.3) is 0 Å². The summed E-state index contributed by atoms with van der Waals surface area (Å²) in [4.78, 5) is 11.3. The zero-order chi connectivity index (χ0) is 12.0. The summed E-state index contributed by atoms with van der Waals surface area (Å²) in [5, 5.41) is 18.3. The Labute approximate surface area is 93.2 Å². The topological polar surface area (TPSA) is 76.0 Å². The van der Waals surface area contributed by atoms with Crippen molar-refractivity contribution in [3.63, 3.8) is 0 Å².